The Morgan fingerprint density at radius 3 is 1.33 bits per heavy atom. The van der Waals surface area contributed by atoms with Crippen LogP contribution in [0.1, 0.15) is 27.1 Å². The van der Waals surface area contributed by atoms with Crippen molar-refractivity contribution in [2.75, 3.05) is 0 Å². The third kappa shape index (κ3) is 3.58. The molecule has 1 aliphatic rings. The summed E-state index contributed by atoms with van der Waals surface area (Å²) in [7, 11) is 0. The molecule has 0 aromatic heterocycles. The van der Waals surface area contributed by atoms with Gasteiger partial charge in [-0.2, -0.15) is 0 Å². The summed E-state index contributed by atoms with van der Waals surface area (Å²) in [6.07, 6.45) is 4.50. The molecule has 0 bridgehead atoms. The van der Waals surface area contributed by atoms with Gasteiger partial charge in [0.1, 0.15) is 0 Å². The van der Waals surface area contributed by atoms with Crippen LogP contribution in [-0.2, 0) is 0 Å². The average Bonchev–Trinajstić information content (AvgIpc) is 1.77. The maximum Gasteiger partial charge on any atom is 1.00 e. The van der Waals surface area contributed by atoms with E-state index >= 15 is 0 Å². The summed E-state index contributed by atoms with van der Waals surface area (Å²) in [5.41, 5.74) is 11.3. The van der Waals surface area contributed by atoms with Crippen LogP contribution in [0, 0.1) is 0 Å². The first-order chi connectivity index (χ1) is 3.79. The standard InChI is InChI=1S/C6H14N2.Na.H/c7-5-1-2-6(8)4-3-5;;/h5-6H,1-4,7-8H2;;/q;+1;-1. The number of rotatable bonds is 0. The van der Waals surface area contributed by atoms with Crippen LogP contribution in [0.15, 0.2) is 0 Å². The van der Waals surface area contributed by atoms with Gasteiger partial charge in [-0.1, -0.05) is 0 Å². The molecule has 0 unspecified atom stereocenters. The van der Waals surface area contributed by atoms with Gasteiger partial charge < -0.3 is 12.9 Å². The minimum atomic E-state index is 0. The van der Waals surface area contributed by atoms with Crippen molar-refractivity contribution >= 4 is 0 Å². The van der Waals surface area contributed by atoms with Gasteiger partial charge in [-0.15, -0.1) is 0 Å². The van der Waals surface area contributed by atoms with E-state index in [9.17, 15) is 0 Å². The van der Waals surface area contributed by atoms with Crippen LogP contribution in [0.25, 0.3) is 0 Å². The molecule has 0 amide bonds. The largest absolute Gasteiger partial charge is 1.00 e. The molecule has 1 aliphatic carbocycles. The van der Waals surface area contributed by atoms with Crippen LogP contribution in [0.5, 0.6) is 0 Å². The second-order valence-corrected chi connectivity index (χ2v) is 2.67. The molecule has 0 heterocycles. The van der Waals surface area contributed by atoms with Crippen molar-refractivity contribution in [2.24, 2.45) is 11.5 Å². The van der Waals surface area contributed by atoms with Crippen molar-refractivity contribution in [1.82, 2.24) is 0 Å². The summed E-state index contributed by atoms with van der Waals surface area (Å²) in [5.74, 6) is 0. The minimum absolute atomic E-state index is 0. The Hall–Kier alpha value is 0.920. The van der Waals surface area contributed by atoms with Crippen LogP contribution >= 0.6 is 0 Å². The van der Waals surface area contributed by atoms with Crippen molar-refractivity contribution in [2.45, 2.75) is 37.8 Å². The third-order valence-electron chi connectivity index (χ3n) is 1.82. The van der Waals surface area contributed by atoms with E-state index in [1.807, 2.05) is 0 Å². The third-order valence-corrected chi connectivity index (χ3v) is 1.82. The maximum atomic E-state index is 5.64. The van der Waals surface area contributed by atoms with Crippen molar-refractivity contribution < 1.29 is 31.0 Å². The molecule has 1 rings (SSSR count). The van der Waals surface area contributed by atoms with E-state index in [-0.39, 0.29) is 31.0 Å². The molecule has 4 N–H and O–H groups in total. The Labute approximate surface area is 80.1 Å². The molecule has 1 saturated carbocycles. The van der Waals surface area contributed by atoms with Crippen molar-refractivity contribution in [3.8, 4) is 0 Å². The van der Waals surface area contributed by atoms with Crippen molar-refractivity contribution in [1.29, 1.82) is 0 Å². The summed E-state index contributed by atoms with van der Waals surface area (Å²) in [6, 6.07) is 0.879. The van der Waals surface area contributed by atoms with E-state index in [0.29, 0.717) is 12.1 Å². The van der Waals surface area contributed by atoms with Gasteiger partial charge in [-0.25, -0.2) is 0 Å². The summed E-state index contributed by atoms with van der Waals surface area (Å²) in [5, 5.41) is 0. The van der Waals surface area contributed by atoms with Crippen LogP contribution in [-0.4, -0.2) is 12.1 Å². The molecule has 0 radical (unpaired) electrons. The summed E-state index contributed by atoms with van der Waals surface area (Å²) in [4.78, 5) is 0. The maximum absolute atomic E-state index is 5.64. The fraction of sp³-hybridized carbons (Fsp3) is 1.00. The monoisotopic (exact) mass is 138 g/mol. The van der Waals surface area contributed by atoms with E-state index in [1.165, 1.54) is 0 Å². The number of hydrogen-bond acceptors (Lipinski definition) is 2. The minimum Gasteiger partial charge on any atom is -1.00 e. The Balaban J connectivity index is 0. The van der Waals surface area contributed by atoms with Gasteiger partial charge in [0.25, 0.3) is 0 Å². The Kier molecular flexibility index (Phi) is 5.17. The summed E-state index contributed by atoms with van der Waals surface area (Å²) >= 11 is 0. The predicted molar refractivity (Wildman–Crippen MR) is 35.5 cm³/mol. The van der Waals surface area contributed by atoms with E-state index in [0.717, 1.165) is 25.7 Å². The molecule has 0 aromatic rings. The number of hydrogen-bond donors (Lipinski definition) is 2. The van der Waals surface area contributed by atoms with Gasteiger partial charge in [-0.05, 0) is 25.7 Å². The molecule has 1 fully saturated rings. The first-order valence-electron chi connectivity index (χ1n) is 3.30. The summed E-state index contributed by atoms with van der Waals surface area (Å²) < 4.78 is 0. The van der Waals surface area contributed by atoms with Gasteiger partial charge in [0.05, 0.1) is 0 Å². The predicted octanol–water partition coefficient (Wildman–Crippen LogP) is -2.67. The molecule has 9 heavy (non-hydrogen) atoms. The zero-order valence-electron chi connectivity index (χ0n) is 7.14. The smallest absolute Gasteiger partial charge is 1.00 e. The van der Waals surface area contributed by atoms with Gasteiger partial charge >= 0.3 is 29.6 Å². The van der Waals surface area contributed by atoms with Gasteiger partial charge in [-0.3, -0.25) is 0 Å². The average molecular weight is 138 g/mol. The fourth-order valence-corrected chi connectivity index (χ4v) is 1.14. The van der Waals surface area contributed by atoms with Gasteiger partial charge in [0.15, 0.2) is 0 Å². The molecule has 2 nitrogen and oxygen atoms in total. The normalized spacial score (nSPS) is 35.3. The SMILES string of the molecule is NC1CCC(N)CC1.[H-].[Na+]. The molecular formula is C6H15N2Na. The number of nitrogens with two attached hydrogens (primary N) is 2. The second kappa shape index (κ2) is 4.69. The Bertz CT molecular complexity index is 64.1. The Morgan fingerprint density at radius 2 is 1.11 bits per heavy atom. The molecule has 50 valence electrons. The van der Waals surface area contributed by atoms with Crippen molar-refractivity contribution in [3.63, 3.8) is 0 Å². The fourth-order valence-electron chi connectivity index (χ4n) is 1.14. The van der Waals surface area contributed by atoms with E-state index < -0.39 is 0 Å². The van der Waals surface area contributed by atoms with Crippen LogP contribution in [0.3, 0.4) is 0 Å². The molecule has 0 aliphatic heterocycles. The van der Waals surface area contributed by atoms with Crippen LogP contribution in [0.4, 0.5) is 0 Å². The molecule has 0 atom stereocenters. The van der Waals surface area contributed by atoms with Gasteiger partial charge in [0, 0.05) is 12.1 Å². The van der Waals surface area contributed by atoms with Crippen molar-refractivity contribution in [3.05, 3.63) is 0 Å². The van der Waals surface area contributed by atoms with E-state index in [2.05, 4.69) is 0 Å². The first kappa shape index (κ1) is 9.92. The second-order valence-electron chi connectivity index (χ2n) is 2.67. The topological polar surface area (TPSA) is 52.0 Å². The first-order valence-corrected chi connectivity index (χ1v) is 3.30. The Morgan fingerprint density at radius 1 is 0.889 bits per heavy atom. The van der Waals surface area contributed by atoms with Gasteiger partial charge in [0.2, 0.25) is 0 Å². The molecule has 3 heteroatoms. The zero-order valence-corrected chi connectivity index (χ0v) is 8.14. The molecule has 0 aromatic carbocycles. The molecule has 0 spiro atoms. The zero-order chi connectivity index (χ0) is 5.98. The molecular weight excluding hydrogens is 123 g/mol. The van der Waals surface area contributed by atoms with E-state index in [4.69, 9.17) is 11.5 Å². The van der Waals surface area contributed by atoms with E-state index in [1.54, 1.807) is 0 Å². The molecule has 0 saturated heterocycles. The van der Waals surface area contributed by atoms with Crippen LogP contribution < -0.4 is 41.0 Å². The van der Waals surface area contributed by atoms with Crippen LogP contribution in [0.2, 0.25) is 0 Å². The quantitative estimate of drug-likeness (QED) is 0.359. The summed E-state index contributed by atoms with van der Waals surface area (Å²) in [6.45, 7) is 0.